The minimum absolute atomic E-state index is 0.445. The SMILES string of the molecule is CC(C)=CCNC1CCCc2cccnc21. The van der Waals surface area contributed by atoms with Crippen molar-refractivity contribution in [2.75, 3.05) is 6.54 Å². The molecule has 0 radical (unpaired) electrons. The van der Waals surface area contributed by atoms with Crippen molar-refractivity contribution in [3.05, 3.63) is 41.2 Å². The van der Waals surface area contributed by atoms with Gasteiger partial charge in [0.05, 0.1) is 11.7 Å². The average molecular weight is 216 g/mol. The van der Waals surface area contributed by atoms with Crippen molar-refractivity contribution in [1.82, 2.24) is 10.3 Å². The number of allylic oxidation sites excluding steroid dienone is 1. The topological polar surface area (TPSA) is 24.9 Å². The maximum absolute atomic E-state index is 4.52. The molecule has 86 valence electrons. The van der Waals surface area contributed by atoms with Gasteiger partial charge in [0.25, 0.3) is 0 Å². The van der Waals surface area contributed by atoms with Gasteiger partial charge in [-0.1, -0.05) is 17.7 Å². The van der Waals surface area contributed by atoms with Crippen LogP contribution in [0.15, 0.2) is 30.0 Å². The van der Waals surface area contributed by atoms with E-state index in [2.05, 4.69) is 36.3 Å². The number of aryl methyl sites for hydroxylation is 1. The van der Waals surface area contributed by atoms with Crippen LogP contribution in [0, 0.1) is 0 Å². The molecule has 0 amide bonds. The predicted octanol–water partition coefficient (Wildman–Crippen LogP) is 3.01. The van der Waals surface area contributed by atoms with Crippen LogP contribution >= 0.6 is 0 Å². The number of pyridine rings is 1. The largest absolute Gasteiger partial charge is 0.305 e. The molecular weight excluding hydrogens is 196 g/mol. The Kier molecular flexibility index (Phi) is 3.73. The fraction of sp³-hybridized carbons (Fsp3) is 0.500. The van der Waals surface area contributed by atoms with Gasteiger partial charge in [-0.2, -0.15) is 0 Å². The maximum Gasteiger partial charge on any atom is 0.0605 e. The molecule has 0 fully saturated rings. The average Bonchev–Trinajstić information content (AvgIpc) is 2.29. The molecule has 1 heterocycles. The van der Waals surface area contributed by atoms with Crippen LogP contribution in [0.4, 0.5) is 0 Å². The van der Waals surface area contributed by atoms with Crippen LogP contribution < -0.4 is 5.32 Å². The Morgan fingerprint density at radius 3 is 3.25 bits per heavy atom. The van der Waals surface area contributed by atoms with Gasteiger partial charge in [-0.05, 0) is 44.7 Å². The zero-order chi connectivity index (χ0) is 11.4. The van der Waals surface area contributed by atoms with Crippen LogP contribution in [0.5, 0.6) is 0 Å². The molecule has 2 nitrogen and oxygen atoms in total. The van der Waals surface area contributed by atoms with Crippen molar-refractivity contribution in [2.24, 2.45) is 0 Å². The second kappa shape index (κ2) is 5.26. The summed E-state index contributed by atoms with van der Waals surface area (Å²) in [6, 6.07) is 4.69. The summed E-state index contributed by atoms with van der Waals surface area (Å²) in [5, 5.41) is 3.57. The van der Waals surface area contributed by atoms with Gasteiger partial charge in [0, 0.05) is 12.7 Å². The van der Waals surface area contributed by atoms with Crippen molar-refractivity contribution in [1.29, 1.82) is 0 Å². The highest BCUT2D eigenvalue weighted by molar-refractivity contribution is 5.25. The molecule has 1 aliphatic carbocycles. The minimum atomic E-state index is 0.445. The van der Waals surface area contributed by atoms with Crippen molar-refractivity contribution < 1.29 is 0 Å². The first-order valence-corrected chi connectivity index (χ1v) is 6.08. The van der Waals surface area contributed by atoms with Gasteiger partial charge in [-0.3, -0.25) is 4.98 Å². The van der Waals surface area contributed by atoms with Crippen LogP contribution in [0.3, 0.4) is 0 Å². The molecule has 0 aromatic carbocycles. The first kappa shape index (κ1) is 11.3. The Labute approximate surface area is 97.8 Å². The lowest BCUT2D eigenvalue weighted by atomic mass is 9.92. The smallest absolute Gasteiger partial charge is 0.0605 e. The number of fused-ring (bicyclic) bond motifs is 1. The molecule has 16 heavy (non-hydrogen) atoms. The minimum Gasteiger partial charge on any atom is -0.305 e. The third-order valence-corrected chi connectivity index (χ3v) is 3.07. The molecule has 0 bridgehead atoms. The normalized spacial score (nSPS) is 19.0. The highest BCUT2D eigenvalue weighted by atomic mass is 14.9. The van der Waals surface area contributed by atoms with Crippen LogP contribution in [0.25, 0.3) is 0 Å². The van der Waals surface area contributed by atoms with Crippen LogP contribution in [0.1, 0.15) is 44.0 Å². The van der Waals surface area contributed by atoms with Gasteiger partial charge < -0.3 is 5.32 Å². The monoisotopic (exact) mass is 216 g/mol. The standard InChI is InChI=1S/C14H20N2/c1-11(2)8-10-15-13-7-3-5-12-6-4-9-16-14(12)13/h4,6,8-9,13,15H,3,5,7,10H2,1-2H3. The summed E-state index contributed by atoms with van der Waals surface area (Å²) in [6.07, 6.45) is 7.80. The van der Waals surface area contributed by atoms with Crippen molar-refractivity contribution in [3.63, 3.8) is 0 Å². The highest BCUT2D eigenvalue weighted by Gasteiger charge is 2.19. The lowest BCUT2D eigenvalue weighted by Gasteiger charge is -2.24. The Hall–Kier alpha value is -1.15. The van der Waals surface area contributed by atoms with Gasteiger partial charge >= 0.3 is 0 Å². The molecule has 2 rings (SSSR count). The quantitative estimate of drug-likeness (QED) is 0.786. The molecule has 0 saturated heterocycles. The second-order valence-electron chi connectivity index (χ2n) is 4.68. The molecule has 1 aromatic heterocycles. The third kappa shape index (κ3) is 2.70. The van der Waals surface area contributed by atoms with Gasteiger partial charge in [0.2, 0.25) is 0 Å². The number of hydrogen-bond acceptors (Lipinski definition) is 2. The van der Waals surface area contributed by atoms with Crippen LogP contribution in [-0.2, 0) is 6.42 Å². The van der Waals surface area contributed by atoms with Gasteiger partial charge in [0.15, 0.2) is 0 Å². The van der Waals surface area contributed by atoms with E-state index in [1.54, 1.807) is 0 Å². The number of nitrogens with one attached hydrogen (secondary N) is 1. The molecular formula is C14H20N2. The first-order valence-electron chi connectivity index (χ1n) is 6.08. The summed E-state index contributed by atoms with van der Waals surface area (Å²) in [5.41, 5.74) is 4.05. The summed E-state index contributed by atoms with van der Waals surface area (Å²) in [7, 11) is 0. The summed E-state index contributed by atoms with van der Waals surface area (Å²) in [4.78, 5) is 4.52. The van der Waals surface area contributed by atoms with Gasteiger partial charge in [-0.25, -0.2) is 0 Å². The molecule has 0 aliphatic heterocycles. The number of hydrogen-bond donors (Lipinski definition) is 1. The highest BCUT2D eigenvalue weighted by Crippen LogP contribution is 2.27. The molecule has 1 atom stereocenters. The fourth-order valence-electron chi connectivity index (χ4n) is 2.21. The lowest BCUT2D eigenvalue weighted by Crippen LogP contribution is -2.26. The van der Waals surface area contributed by atoms with Crippen LogP contribution in [-0.4, -0.2) is 11.5 Å². The zero-order valence-corrected chi connectivity index (χ0v) is 10.2. The Bertz CT molecular complexity index is 378. The summed E-state index contributed by atoms with van der Waals surface area (Å²) in [5.74, 6) is 0. The molecule has 0 spiro atoms. The molecule has 1 aromatic rings. The van der Waals surface area contributed by atoms with E-state index in [4.69, 9.17) is 0 Å². The fourth-order valence-corrected chi connectivity index (χ4v) is 2.21. The number of nitrogens with zero attached hydrogens (tertiary/aromatic N) is 1. The van der Waals surface area contributed by atoms with E-state index in [1.807, 2.05) is 12.3 Å². The summed E-state index contributed by atoms with van der Waals surface area (Å²) < 4.78 is 0. The van der Waals surface area contributed by atoms with E-state index in [0.717, 1.165) is 6.54 Å². The van der Waals surface area contributed by atoms with Gasteiger partial charge in [0.1, 0.15) is 0 Å². The summed E-state index contributed by atoms with van der Waals surface area (Å²) >= 11 is 0. The Morgan fingerprint density at radius 2 is 2.44 bits per heavy atom. The predicted molar refractivity (Wildman–Crippen MR) is 67.3 cm³/mol. The first-order chi connectivity index (χ1) is 7.77. The van der Waals surface area contributed by atoms with Gasteiger partial charge in [-0.15, -0.1) is 0 Å². The van der Waals surface area contributed by atoms with E-state index in [1.165, 1.54) is 36.1 Å². The van der Waals surface area contributed by atoms with Crippen molar-refractivity contribution in [2.45, 2.75) is 39.2 Å². The molecule has 2 heteroatoms. The third-order valence-electron chi connectivity index (χ3n) is 3.07. The second-order valence-corrected chi connectivity index (χ2v) is 4.68. The Balaban J connectivity index is 2.04. The lowest BCUT2D eigenvalue weighted by molar-refractivity contribution is 0.467. The zero-order valence-electron chi connectivity index (χ0n) is 10.2. The Morgan fingerprint density at radius 1 is 1.56 bits per heavy atom. The van der Waals surface area contributed by atoms with Crippen LogP contribution in [0.2, 0.25) is 0 Å². The van der Waals surface area contributed by atoms with E-state index >= 15 is 0 Å². The van der Waals surface area contributed by atoms with E-state index in [9.17, 15) is 0 Å². The van der Waals surface area contributed by atoms with E-state index < -0.39 is 0 Å². The number of aromatic nitrogens is 1. The summed E-state index contributed by atoms with van der Waals surface area (Å²) in [6.45, 7) is 5.21. The molecule has 0 saturated carbocycles. The molecule has 1 aliphatic rings. The molecule has 1 unspecified atom stereocenters. The maximum atomic E-state index is 4.52. The van der Waals surface area contributed by atoms with Crippen molar-refractivity contribution in [3.8, 4) is 0 Å². The number of rotatable bonds is 3. The van der Waals surface area contributed by atoms with Crippen molar-refractivity contribution >= 4 is 0 Å². The molecule has 1 N–H and O–H groups in total. The van der Waals surface area contributed by atoms with E-state index in [0.29, 0.717) is 6.04 Å². The van der Waals surface area contributed by atoms with E-state index in [-0.39, 0.29) is 0 Å².